The SMILES string of the molecule is Cn1cnnc1CNCC(=O)O. The molecule has 0 amide bonds. The van der Waals surface area contributed by atoms with Crippen molar-refractivity contribution in [3.05, 3.63) is 12.2 Å². The Morgan fingerprint density at radius 2 is 2.58 bits per heavy atom. The average Bonchev–Trinajstić information content (AvgIpc) is 2.36. The van der Waals surface area contributed by atoms with Crippen LogP contribution < -0.4 is 5.32 Å². The summed E-state index contributed by atoms with van der Waals surface area (Å²) in [6.45, 7) is 0.357. The van der Waals surface area contributed by atoms with Gasteiger partial charge in [-0.05, 0) is 0 Å². The quantitative estimate of drug-likeness (QED) is 0.605. The molecule has 0 aromatic carbocycles. The zero-order valence-electron chi connectivity index (χ0n) is 6.69. The van der Waals surface area contributed by atoms with Crippen molar-refractivity contribution in [1.82, 2.24) is 20.1 Å². The van der Waals surface area contributed by atoms with Crippen molar-refractivity contribution in [2.75, 3.05) is 6.54 Å². The lowest BCUT2D eigenvalue weighted by Crippen LogP contribution is -2.23. The van der Waals surface area contributed by atoms with E-state index in [0.29, 0.717) is 6.54 Å². The normalized spacial score (nSPS) is 10.1. The lowest BCUT2D eigenvalue weighted by Gasteiger charge is -1.99. The highest BCUT2D eigenvalue weighted by Crippen LogP contribution is 1.88. The molecule has 0 fully saturated rings. The van der Waals surface area contributed by atoms with Crippen LogP contribution in [0.25, 0.3) is 0 Å². The van der Waals surface area contributed by atoms with E-state index in [4.69, 9.17) is 5.11 Å². The average molecular weight is 170 g/mol. The van der Waals surface area contributed by atoms with Crippen LogP contribution in [0, 0.1) is 0 Å². The predicted octanol–water partition coefficient (Wildman–Crippen LogP) is -1.01. The fourth-order valence-corrected chi connectivity index (χ4v) is 0.748. The smallest absolute Gasteiger partial charge is 0.317 e. The number of aliphatic carboxylic acids is 1. The third-order valence-corrected chi connectivity index (χ3v) is 1.36. The summed E-state index contributed by atoms with van der Waals surface area (Å²) in [6.07, 6.45) is 1.57. The van der Waals surface area contributed by atoms with E-state index < -0.39 is 5.97 Å². The molecule has 1 aromatic heterocycles. The molecular formula is C6H10N4O2. The molecule has 0 spiro atoms. The number of hydrogen-bond donors (Lipinski definition) is 2. The fourth-order valence-electron chi connectivity index (χ4n) is 0.748. The van der Waals surface area contributed by atoms with Crippen LogP contribution in [0.4, 0.5) is 0 Å². The number of aromatic nitrogens is 3. The molecule has 1 rings (SSSR count). The van der Waals surface area contributed by atoms with Crippen molar-refractivity contribution in [1.29, 1.82) is 0 Å². The summed E-state index contributed by atoms with van der Waals surface area (Å²) >= 11 is 0. The second-order valence-corrected chi connectivity index (χ2v) is 2.36. The van der Waals surface area contributed by atoms with Crippen molar-refractivity contribution < 1.29 is 9.90 Å². The molecule has 0 aliphatic rings. The summed E-state index contributed by atoms with van der Waals surface area (Å²) < 4.78 is 1.73. The van der Waals surface area contributed by atoms with E-state index in [1.165, 1.54) is 0 Å². The first kappa shape index (κ1) is 8.66. The zero-order chi connectivity index (χ0) is 8.97. The van der Waals surface area contributed by atoms with Gasteiger partial charge in [-0.2, -0.15) is 0 Å². The minimum Gasteiger partial charge on any atom is -0.480 e. The monoisotopic (exact) mass is 170 g/mol. The summed E-state index contributed by atoms with van der Waals surface area (Å²) in [6, 6.07) is 0. The maximum Gasteiger partial charge on any atom is 0.317 e. The second-order valence-electron chi connectivity index (χ2n) is 2.36. The topological polar surface area (TPSA) is 80.0 Å². The Kier molecular flexibility index (Phi) is 2.76. The summed E-state index contributed by atoms with van der Waals surface area (Å²) in [5.74, 6) is -0.159. The van der Waals surface area contributed by atoms with Gasteiger partial charge in [-0.25, -0.2) is 0 Å². The summed E-state index contributed by atoms with van der Waals surface area (Å²) in [5.41, 5.74) is 0. The number of rotatable bonds is 4. The molecule has 0 saturated carbocycles. The third kappa shape index (κ3) is 2.31. The maximum absolute atomic E-state index is 10.1. The Morgan fingerprint density at radius 1 is 1.83 bits per heavy atom. The van der Waals surface area contributed by atoms with Gasteiger partial charge in [0, 0.05) is 7.05 Å². The zero-order valence-corrected chi connectivity index (χ0v) is 6.69. The maximum atomic E-state index is 10.1. The summed E-state index contributed by atoms with van der Waals surface area (Å²) in [4.78, 5) is 10.1. The van der Waals surface area contributed by atoms with Gasteiger partial charge in [-0.15, -0.1) is 10.2 Å². The van der Waals surface area contributed by atoms with Gasteiger partial charge in [0.2, 0.25) is 0 Å². The molecule has 0 atom stereocenters. The first-order valence-electron chi connectivity index (χ1n) is 3.45. The molecule has 1 heterocycles. The van der Waals surface area contributed by atoms with Crippen LogP contribution in [0.2, 0.25) is 0 Å². The number of aryl methyl sites for hydroxylation is 1. The Bertz CT molecular complexity index is 270. The molecule has 0 bridgehead atoms. The number of carbonyl (C=O) groups is 1. The van der Waals surface area contributed by atoms with Gasteiger partial charge in [0.25, 0.3) is 0 Å². The van der Waals surface area contributed by atoms with Crippen molar-refractivity contribution in [3.63, 3.8) is 0 Å². The van der Waals surface area contributed by atoms with Crippen LogP contribution in [-0.4, -0.2) is 32.4 Å². The minimum atomic E-state index is -0.878. The van der Waals surface area contributed by atoms with Gasteiger partial charge in [0.05, 0.1) is 13.1 Å². The molecule has 0 unspecified atom stereocenters. The van der Waals surface area contributed by atoms with Crippen LogP contribution >= 0.6 is 0 Å². The van der Waals surface area contributed by atoms with Gasteiger partial charge in [-0.1, -0.05) is 0 Å². The molecule has 0 aliphatic heterocycles. The van der Waals surface area contributed by atoms with Crippen molar-refractivity contribution in [3.8, 4) is 0 Å². The standard InChI is InChI=1S/C6H10N4O2/c1-10-4-8-9-5(10)2-7-3-6(11)12/h4,7H,2-3H2,1H3,(H,11,12). The number of hydrogen-bond acceptors (Lipinski definition) is 4. The molecule has 0 aliphatic carbocycles. The van der Waals surface area contributed by atoms with Gasteiger partial charge in [-0.3, -0.25) is 10.1 Å². The molecule has 1 aromatic rings. The molecule has 2 N–H and O–H groups in total. The first-order chi connectivity index (χ1) is 5.70. The molecule has 6 nitrogen and oxygen atoms in total. The van der Waals surface area contributed by atoms with Gasteiger partial charge >= 0.3 is 5.97 Å². The number of carboxylic acid groups (broad SMARTS) is 1. The molecule has 6 heteroatoms. The third-order valence-electron chi connectivity index (χ3n) is 1.36. The Labute approximate surface area is 69.2 Å². The predicted molar refractivity (Wildman–Crippen MR) is 40.3 cm³/mol. The van der Waals surface area contributed by atoms with E-state index in [2.05, 4.69) is 15.5 Å². The highest BCUT2D eigenvalue weighted by Gasteiger charge is 2.00. The van der Waals surface area contributed by atoms with E-state index in [1.54, 1.807) is 17.9 Å². The fraction of sp³-hybridized carbons (Fsp3) is 0.500. The Balaban J connectivity index is 2.33. The number of nitrogens with zero attached hydrogens (tertiary/aromatic N) is 3. The van der Waals surface area contributed by atoms with E-state index >= 15 is 0 Å². The van der Waals surface area contributed by atoms with E-state index in [9.17, 15) is 4.79 Å². The second kappa shape index (κ2) is 3.82. The summed E-state index contributed by atoms with van der Waals surface area (Å²) in [7, 11) is 1.80. The van der Waals surface area contributed by atoms with E-state index in [0.717, 1.165) is 5.82 Å². The van der Waals surface area contributed by atoms with E-state index in [-0.39, 0.29) is 6.54 Å². The van der Waals surface area contributed by atoms with Gasteiger partial charge < -0.3 is 9.67 Å². The van der Waals surface area contributed by atoms with Crippen molar-refractivity contribution >= 4 is 5.97 Å². The van der Waals surface area contributed by atoms with Crippen molar-refractivity contribution in [2.45, 2.75) is 6.54 Å². The van der Waals surface area contributed by atoms with Crippen LogP contribution in [-0.2, 0) is 18.4 Å². The number of nitrogens with one attached hydrogen (secondary N) is 1. The van der Waals surface area contributed by atoms with Gasteiger partial charge in [0.1, 0.15) is 12.2 Å². The lowest BCUT2D eigenvalue weighted by atomic mass is 10.5. The van der Waals surface area contributed by atoms with Crippen LogP contribution in [0.3, 0.4) is 0 Å². The molecule has 0 saturated heterocycles. The molecule has 0 radical (unpaired) electrons. The number of carboxylic acids is 1. The van der Waals surface area contributed by atoms with E-state index in [1.807, 2.05) is 0 Å². The molecule has 12 heavy (non-hydrogen) atoms. The van der Waals surface area contributed by atoms with Crippen LogP contribution in [0.5, 0.6) is 0 Å². The van der Waals surface area contributed by atoms with Crippen LogP contribution in [0.1, 0.15) is 5.82 Å². The van der Waals surface area contributed by atoms with Crippen molar-refractivity contribution in [2.24, 2.45) is 7.05 Å². The minimum absolute atomic E-state index is 0.0626. The van der Waals surface area contributed by atoms with Gasteiger partial charge in [0.15, 0.2) is 0 Å². The molecular weight excluding hydrogens is 160 g/mol. The highest BCUT2D eigenvalue weighted by molar-refractivity contribution is 5.68. The first-order valence-corrected chi connectivity index (χ1v) is 3.45. The highest BCUT2D eigenvalue weighted by atomic mass is 16.4. The Hall–Kier alpha value is -1.43. The largest absolute Gasteiger partial charge is 0.480 e. The lowest BCUT2D eigenvalue weighted by molar-refractivity contribution is -0.136. The molecule has 66 valence electrons. The Morgan fingerprint density at radius 3 is 3.08 bits per heavy atom. The summed E-state index contributed by atoms with van der Waals surface area (Å²) in [5, 5.41) is 18.4. The van der Waals surface area contributed by atoms with Crippen LogP contribution in [0.15, 0.2) is 6.33 Å².